The number of carbonyl (C=O) groups is 1. The van der Waals surface area contributed by atoms with E-state index in [9.17, 15) is 14.7 Å². The lowest BCUT2D eigenvalue weighted by atomic mass is 9.91. The maximum Gasteiger partial charge on any atom is 0.341 e. The Balaban J connectivity index is 1.42. The van der Waals surface area contributed by atoms with Gasteiger partial charge in [0.25, 0.3) is 0 Å². The van der Waals surface area contributed by atoms with Crippen molar-refractivity contribution in [2.24, 2.45) is 5.92 Å². The average molecular weight is 492 g/mol. The van der Waals surface area contributed by atoms with Crippen LogP contribution >= 0.6 is 0 Å². The lowest BCUT2D eigenvalue weighted by Gasteiger charge is -2.36. The van der Waals surface area contributed by atoms with Gasteiger partial charge in [-0.1, -0.05) is 30.3 Å². The van der Waals surface area contributed by atoms with Crippen molar-refractivity contribution in [2.45, 2.75) is 44.3 Å². The number of hydrogen-bond donors (Lipinski definition) is 1. The van der Waals surface area contributed by atoms with Crippen molar-refractivity contribution >= 4 is 22.6 Å². The molecule has 2 aliphatic heterocycles. The van der Waals surface area contributed by atoms with E-state index in [1.54, 1.807) is 0 Å². The van der Waals surface area contributed by atoms with E-state index in [-0.39, 0.29) is 17.0 Å². The lowest BCUT2D eigenvalue weighted by Crippen LogP contribution is -2.44. The molecule has 188 valence electrons. The summed E-state index contributed by atoms with van der Waals surface area (Å²) in [5.74, 6) is -1.11. The molecule has 1 N–H and O–H groups in total. The van der Waals surface area contributed by atoms with E-state index in [4.69, 9.17) is 4.74 Å². The van der Waals surface area contributed by atoms with Crippen LogP contribution in [0.4, 0.5) is 10.1 Å². The molecule has 3 heterocycles. The van der Waals surface area contributed by atoms with Crippen LogP contribution in [0.25, 0.3) is 10.9 Å². The SMILES string of the molecule is COc1c(N2C[C@@H]3CCCN(Cc4ccccc4)[C@@H]3C2)c(F)cc2c(=O)c(C(=O)O)cn(C3CC3)c12. The first-order chi connectivity index (χ1) is 17.5. The summed E-state index contributed by atoms with van der Waals surface area (Å²) in [6.45, 7) is 3.28. The first kappa shape index (κ1) is 23.0. The third-order valence-electron chi connectivity index (χ3n) is 8.01. The topological polar surface area (TPSA) is 75.0 Å². The fourth-order valence-electron chi connectivity index (χ4n) is 6.19. The Morgan fingerprint density at radius 3 is 2.64 bits per heavy atom. The summed E-state index contributed by atoms with van der Waals surface area (Å²) in [5.41, 5.74) is 1.11. The van der Waals surface area contributed by atoms with Crippen LogP contribution in [0.15, 0.2) is 47.4 Å². The van der Waals surface area contributed by atoms with Gasteiger partial charge in [-0.25, -0.2) is 9.18 Å². The van der Waals surface area contributed by atoms with Crippen molar-refractivity contribution in [2.75, 3.05) is 31.6 Å². The van der Waals surface area contributed by atoms with E-state index >= 15 is 4.39 Å². The zero-order valence-electron chi connectivity index (χ0n) is 20.3. The molecule has 2 saturated heterocycles. The number of halogens is 1. The second kappa shape index (κ2) is 8.92. The smallest absolute Gasteiger partial charge is 0.341 e. The fraction of sp³-hybridized carbons (Fsp3) is 0.429. The number of pyridine rings is 1. The van der Waals surface area contributed by atoms with E-state index in [0.29, 0.717) is 35.5 Å². The van der Waals surface area contributed by atoms with Crippen LogP contribution < -0.4 is 15.1 Å². The molecule has 0 spiro atoms. The third kappa shape index (κ3) is 3.84. The molecule has 36 heavy (non-hydrogen) atoms. The molecular formula is C28H30FN3O4. The Bertz CT molecular complexity index is 1390. The lowest BCUT2D eigenvalue weighted by molar-refractivity contribution is 0.0694. The molecule has 0 radical (unpaired) electrons. The molecule has 1 saturated carbocycles. The largest absolute Gasteiger partial charge is 0.492 e. The van der Waals surface area contributed by atoms with Gasteiger partial charge in [-0.3, -0.25) is 9.69 Å². The fourth-order valence-corrected chi connectivity index (χ4v) is 6.19. The van der Waals surface area contributed by atoms with Gasteiger partial charge in [-0.15, -0.1) is 0 Å². The average Bonchev–Trinajstić information content (AvgIpc) is 3.62. The molecule has 3 aliphatic rings. The Morgan fingerprint density at radius 1 is 1.17 bits per heavy atom. The highest BCUT2D eigenvalue weighted by atomic mass is 19.1. The number of nitrogens with zero attached hydrogens (tertiary/aromatic N) is 3. The predicted molar refractivity (Wildman–Crippen MR) is 136 cm³/mol. The summed E-state index contributed by atoms with van der Waals surface area (Å²) in [7, 11) is 1.50. The number of fused-ring (bicyclic) bond motifs is 2. The van der Waals surface area contributed by atoms with Gasteiger partial charge in [0.2, 0.25) is 5.43 Å². The summed E-state index contributed by atoms with van der Waals surface area (Å²) >= 11 is 0. The van der Waals surface area contributed by atoms with Gasteiger partial charge in [0, 0.05) is 37.9 Å². The van der Waals surface area contributed by atoms with Gasteiger partial charge in [0.05, 0.1) is 18.0 Å². The number of ether oxygens (including phenoxy) is 1. The maximum absolute atomic E-state index is 15.8. The zero-order valence-corrected chi connectivity index (χ0v) is 20.3. The normalized spacial score (nSPS) is 22.1. The Labute approximate surface area is 208 Å². The van der Waals surface area contributed by atoms with Gasteiger partial charge in [0.15, 0.2) is 11.6 Å². The second-order valence-corrected chi connectivity index (χ2v) is 10.3. The predicted octanol–water partition coefficient (Wildman–Crippen LogP) is 4.28. The summed E-state index contributed by atoms with van der Waals surface area (Å²) in [4.78, 5) is 29.3. The first-order valence-corrected chi connectivity index (χ1v) is 12.7. The summed E-state index contributed by atoms with van der Waals surface area (Å²) in [6.07, 6.45) is 5.38. The van der Waals surface area contributed by atoms with E-state index < -0.39 is 17.2 Å². The number of benzene rings is 2. The molecule has 6 rings (SSSR count). The van der Waals surface area contributed by atoms with Gasteiger partial charge < -0.3 is 19.3 Å². The molecule has 0 amide bonds. The number of likely N-dealkylation sites (tertiary alicyclic amines) is 1. The van der Waals surface area contributed by atoms with Crippen LogP contribution in [-0.4, -0.2) is 53.3 Å². The number of carboxylic acid groups (broad SMARTS) is 1. The van der Waals surface area contributed by atoms with Crippen LogP contribution in [0.1, 0.15) is 47.6 Å². The van der Waals surface area contributed by atoms with Crippen molar-refractivity contribution in [1.29, 1.82) is 0 Å². The van der Waals surface area contributed by atoms with Crippen molar-refractivity contribution < 1.29 is 19.0 Å². The number of aromatic nitrogens is 1. The zero-order chi connectivity index (χ0) is 25.0. The Hall–Kier alpha value is -3.39. The molecule has 1 aliphatic carbocycles. The van der Waals surface area contributed by atoms with Crippen LogP contribution in [0.3, 0.4) is 0 Å². The molecule has 2 atom stereocenters. The highest BCUT2D eigenvalue weighted by Crippen LogP contribution is 2.45. The molecular weight excluding hydrogens is 461 g/mol. The minimum atomic E-state index is -1.30. The Morgan fingerprint density at radius 2 is 1.94 bits per heavy atom. The van der Waals surface area contributed by atoms with Crippen molar-refractivity contribution in [1.82, 2.24) is 9.47 Å². The number of anilines is 1. The second-order valence-electron chi connectivity index (χ2n) is 10.3. The van der Waals surface area contributed by atoms with Gasteiger partial charge in [0.1, 0.15) is 11.3 Å². The number of carboxylic acids is 1. The van der Waals surface area contributed by atoms with E-state index in [1.165, 1.54) is 24.9 Å². The van der Waals surface area contributed by atoms with Crippen LogP contribution in [0.2, 0.25) is 0 Å². The molecule has 0 unspecified atom stereocenters. The number of piperidine rings is 1. The van der Waals surface area contributed by atoms with Gasteiger partial charge in [-0.2, -0.15) is 0 Å². The molecule has 1 aromatic heterocycles. The minimum Gasteiger partial charge on any atom is -0.492 e. The van der Waals surface area contributed by atoms with E-state index in [1.807, 2.05) is 10.6 Å². The molecule has 8 heteroatoms. The molecule has 0 bridgehead atoms. The molecule has 2 aromatic carbocycles. The summed E-state index contributed by atoms with van der Waals surface area (Å²) in [5, 5.41) is 9.63. The quantitative estimate of drug-likeness (QED) is 0.555. The highest BCUT2D eigenvalue weighted by Gasteiger charge is 2.41. The van der Waals surface area contributed by atoms with Crippen LogP contribution in [0.5, 0.6) is 5.75 Å². The number of rotatable bonds is 6. The van der Waals surface area contributed by atoms with Gasteiger partial charge in [-0.05, 0) is 49.8 Å². The number of hydrogen-bond acceptors (Lipinski definition) is 5. The van der Waals surface area contributed by atoms with Gasteiger partial charge >= 0.3 is 5.97 Å². The van der Waals surface area contributed by atoms with Crippen molar-refractivity contribution in [3.63, 3.8) is 0 Å². The summed E-state index contributed by atoms with van der Waals surface area (Å²) < 4.78 is 23.4. The van der Waals surface area contributed by atoms with Crippen molar-refractivity contribution in [3.8, 4) is 5.75 Å². The van der Waals surface area contributed by atoms with Crippen LogP contribution in [-0.2, 0) is 6.54 Å². The highest BCUT2D eigenvalue weighted by molar-refractivity contribution is 5.97. The van der Waals surface area contributed by atoms with Crippen LogP contribution in [0, 0.1) is 11.7 Å². The maximum atomic E-state index is 15.8. The standard InChI is InChI=1S/C28H30FN3O4/c1-36-27-24-20(26(33)21(28(34)35)15-32(24)19-9-10-19)12-22(29)25(27)31-14-18-8-5-11-30(23(18)16-31)13-17-6-3-2-4-7-17/h2-4,6-7,12,15,18-19,23H,5,8-11,13-14,16H2,1H3,(H,34,35)/t18-,23+/m0/s1. The number of aromatic carboxylic acids is 1. The summed E-state index contributed by atoms with van der Waals surface area (Å²) in [6, 6.07) is 12.0. The minimum absolute atomic E-state index is 0.0576. The Kier molecular flexibility index (Phi) is 5.71. The molecule has 3 aromatic rings. The van der Waals surface area contributed by atoms with Crippen molar-refractivity contribution in [3.05, 3.63) is 69.8 Å². The molecule has 3 fully saturated rings. The monoisotopic (exact) mass is 491 g/mol. The number of methoxy groups -OCH3 is 1. The van der Waals surface area contributed by atoms with E-state index in [2.05, 4.69) is 34.1 Å². The molecule has 7 nitrogen and oxygen atoms in total. The third-order valence-corrected chi connectivity index (χ3v) is 8.01. The van der Waals surface area contributed by atoms with E-state index in [0.717, 1.165) is 45.3 Å². The first-order valence-electron chi connectivity index (χ1n) is 12.7.